The molecule has 1 unspecified atom stereocenters. The number of ether oxygens (including phenoxy) is 1. The van der Waals surface area contributed by atoms with E-state index in [1.54, 1.807) is 12.1 Å². The molecule has 0 amide bonds. The highest BCUT2D eigenvalue weighted by Gasteiger charge is 2.76. The summed E-state index contributed by atoms with van der Waals surface area (Å²) in [5.74, 6) is -2.12. The van der Waals surface area contributed by atoms with Crippen LogP contribution in [0.5, 0.6) is 0 Å². The minimum absolute atomic E-state index is 0. The first-order valence-electron chi connectivity index (χ1n) is 12.1. The van der Waals surface area contributed by atoms with Crippen LogP contribution in [0.15, 0.2) is 46.6 Å². The molecule has 0 saturated heterocycles. The number of halogens is 2. The van der Waals surface area contributed by atoms with Crippen LogP contribution in [0.1, 0.15) is 57.0 Å². The van der Waals surface area contributed by atoms with E-state index in [0.717, 1.165) is 5.57 Å². The summed E-state index contributed by atoms with van der Waals surface area (Å²) in [5.41, 5.74) is -2.20. The fourth-order valence-corrected chi connectivity index (χ4v) is 8.81. The summed E-state index contributed by atoms with van der Waals surface area (Å²) in [6.45, 7) is 5.81. The highest BCUT2D eigenvalue weighted by molar-refractivity contribution is 6.29. The molecule has 4 aliphatic carbocycles. The van der Waals surface area contributed by atoms with Gasteiger partial charge in [-0.25, -0.2) is 4.79 Å². The van der Waals surface area contributed by atoms with Crippen LogP contribution in [0.4, 0.5) is 0 Å². The van der Waals surface area contributed by atoms with Gasteiger partial charge in [0, 0.05) is 16.7 Å². The van der Waals surface area contributed by atoms with Gasteiger partial charge in [0.2, 0.25) is 5.76 Å². The van der Waals surface area contributed by atoms with E-state index in [0.29, 0.717) is 19.3 Å². The summed E-state index contributed by atoms with van der Waals surface area (Å²) in [6, 6.07) is 3.07. The normalized spacial score (nSPS) is 42.9. The molecule has 3 saturated carbocycles. The Balaban J connectivity index is 0.00000304. The Morgan fingerprint density at radius 1 is 1.28 bits per heavy atom. The third-order valence-corrected chi connectivity index (χ3v) is 10.9. The molecule has 0 aromatic carbocycles. The summed E-state index contributed by atoms with van der Waals surface area (Å²) in [5, 5.41) is 11.8. The van der Waals surface area contributed by atoms with Crippen molar-refractivity contribution in [1.29, 1.82) is 0 Å². The van der Waals surface area contributed by atoms with Crippen molar-refractivity contribution in [3.05, 3.63) is 48.0 Å². The molecule has 0 aliphatic heterocycles. The molecule has 1 aromatic heterocycles. The molecule has 0 radical (unpaired) electrons. The van der Waals surface area contributed by atoms with Gasteiger partial charge in [-0.2, -0.15) is 0 Å². The number of Topliss-reactive ketones (excluding diaryl/α,β-unsaturated/α-hetero) is 1. The molecule has 7 nitrogen and oxygen atoms in total. The first kappa shape index (κ1) is 27.1. The van der Waals surface area contributed by atoms with Gasteiger partial charge >= 0.3 is 5.97 Å². The average molecular weight is 539 g/mol. The van der Waals surface area contributed by atoms with E-state index >= 15 is 0 Å². The molecule has 5 rings (SSSR count). The monoisotopic (exact) mass is 538 g/mol. The zero-order valence-electron chi connectivity index (χ0n) is 20.6. The number of furan rings is 1. The van der Waals surface area contributed by atoms with Crippen LogP contribution in [-0.4, -0.2) is 50.6 Å². The number of ketones is 2. The number of esters is 1. The quantitative estimate of drug-likeness (QED) is 0.455. The average Bonchev–Trinajstić information content (AvgIpc) is 3.42. The van der Waals surface area contributed by atoms with Gasteiger partial charge in [-0.05, 0) is 61.8 Å². The Morgan fingerprint density at radius 3 is 2.64 bits per heavy atom. The van der Waals surface area contributed by atoms with Gasteiger partial charge in [0.15, 0.2) is 17.2 Å². The Labute approximate surface area is 220 Å². The van der Waals surface area contributed by atoms with Crippen molar-refractivity contribution in [2.24, 2.45) is 28.6 Å². The van der Waals surface area contributed by atoms with Gasteiger partial charge < -0.3 is 19.7 Å². The molecular formula is C27H32Cl2O7. The van der Waals surface area contributed by atoms with E-state index in [1.807, 2.05) is 26.8 Å². The van der Waals surface area contributed by atoms with Gasteiger partial charge in [-0.3, -0.25) is 9.59 Å². The van der Waals surface area contributed by atoms with Crippen LogP contribution in [-0.2, 0) is 14.3 Å². The van der Waals surface area contributed by atoms with Gasteiger partial charge in [-0.1, -0.05) is 32.4 Å². The fraction of sp³-hybridized carbons (Fsp3) is 0.593. The number of alkyl halides is 2. The lowest BCUT2D eigenvalue weighted by Gasteiger charge is -2.64. The van der Waals surface area contributed by atoms with Crippen molar-refractivity contribution in [2.75, 3.05) is 5.88 Å². The van der Waals surface area contributed by atoms with E-state index in [-0.39, 0.29) is 52.9 Å². The van der Waals surface area contributed by atoms with Crippen molar-refractivity contribution in [3.8, 4) is 0 Å². The minimum atomic E-state index is -1.53. The smallest absolute Gasteiger partial charge is 0.375 e. The fourth-order valence-electron chi connectivity index (χ4n) is 8.09. The Kier molecular flexibility index (Phi) is 6.65. The molecule has 9 heteroatoms. The van der Waals surface area contributed by atoms with Crippen LogP contribution >= 0.6 is 23.2 Å². The van der Waals surface area contributed by atoms with Crippen LogP contribution in [0.2, 0.25) is 0 Å². The second-order valence-electron chi connectivity index (χ2n) is 11.1. The van der Waals surface area contributed by atoms with Crippen LogP contribution in [0.25, 0.3) is 0 Å². The van der Waals surface area contributed by atoms with Crippen molar-refractivity contribution >= 4 is 40.7 Å². The van der Waals surface area contributed by atoms with Crippen molar-refractivity contribution < 1.29 is 34.1 Å². The first-order chi connectivity index (χ1) is 16.5. The minimum Gasteiger partial charge on any atom is -0.457 e. The van der Waals surface area contributed by atoms with E-state index in [2.05, 4.69) is 0 Å². The maximum atomic E-state index is 13.6. The van der Waals surface area contributed by atoms with Crippen LogP contribution < -0.4 is 0 Å². The van der Waals surface area contributed by atoms with Crippen LogP contribution in [0, 0.1) is 28.6 Å². The SMILES string of the molecule is C[C@@H]1C[C@H]2C3CCC4=CC(=O)C=C[C@]4(C)[C@@]3(Cl)[C@@H](O)C[C@]2(C)[C@@]1(OC(=O)c1ccco1)C(=O)CCl.O. The molecular weight excluding hydrogens is 507 g/mol. The summed E-state index contributed by atoms with van der Waals surface area (Å²) >= 11 is 13.6. The summed E-state index contributed by atoms with van der Waals surface area (Å²) in [6.07, 6.45) is 7.44. The summed E-state index contributed by atoms with van der Waals surface area (Å²) in [4.78, 5) is 37.7. The highest BCUT2D eigenvalue weighted by atomic mass is 35.5. The number of aliphatic hydroxyl groups excluding tert-OH is 1. The number of allylic oxidation sites excluding steroid dienone is 4. The lowest BCUT2D eigenvalue weighted by Crippen LogP contribution is -2.69. The lowest BCUT2D eigenvalue weighted by atomic mass is 9.45. The molecule has 8 atom stereocenters. The van der Waals surface area contributed by atoms with Crippen molar-refractivity contribution in [3.63, 3.8) is 0 Å². The molecule has 0 spiro atoms. The van der Waals surface area contributed by atoms with E-state index in [1.165, 1.54) is 18.4 Å². The predicted molar refractivity (Wildman–Crippen MR) is 134 cm³/mol. The second kappa shape index (κ2) is 8.83. The van der Waals surface area contributed by atoms with Crippen LogP contribution in [0.3, 0.4) is 0 Å². The number of hydrogen-bond acceptors (Lipinski definition) is 6. The maximum Gasteiger partial charge on any atom is 0.375 e. The zero-order valence-corrected chi connectivity index (χ0v) is 22.1. The molecule has 0 bridgehead atoms. The Morgan fingerprint density at radius 2 is 2.00 bits per heavy atom. The van der Waals surface area contributed by atoms with Gasteiger partial charge in [0.05, 0.1) is 23.1 Å². The molecule has 196 valence electrons. The number of hydrogen-bond donors (Lipinski definition) is 1. The Bertz CT molecular complexity index is 1140. The third-order valence-electron chi connectivity index (χ3n) is 9.69. The highest BCUT2D eigenvalue weighted by Crippen LogP contribution is 2.72. The lowest BCUT2D eigenvalue weighted by molar-refractivity contribution is -0.177. The number of carbonyl (C=O) groups is 3. The summed E-state index contributed by atoms with van der Waals surface area (Å²) < 4.78 is 11.3. The number of rotatable bonds is 4. The largest absolute Gasteiger partial charge is 0.457 e. The Hall–Kier alpha value is -1.93. The molecule has 1 heterocycles. The second-order valence-corrected chi connectivity index (χ2v) is 12.0. The van der Waals surface area contributed by atoms with Gasteiger partial charge in [-0.15, -0.1) is 23.2 Å². The zero-order chi connectivity index (χ0) is 25.4. The number of aliphatic hydroxyl groups is 1. The molecule has 36 heavy (non-hydrogen) atoms. The van der Waals surface area contributed by atoms with Crippen molar-refractivity contribution in [1.82, 2.24) is 0 Å². The standard InChI is InChI=1S/C27H30Cl2O6.H2O/c1-15-11-19-18-7-6-16-12-17(30)8-9-24(16,2)26(18,29)21(31)13-25(19,3)27(15,22(32)14-28)35-23(33)20-5-4-10-34-20;/h4-5,8-10,12,15,18-19,21,31H,6-7,11,13-14H2,1-3H3;1H2/t15-,18?,19+,21+,24+,25+,26+,27+;/m1./s1. The van der Waals surface area contributed by atoms with E-state index in [4.69, 9.17) is 32.4 Å². The summed E-state index contributed by atoms with van der Waals surface area (Å²) in [7, 11) is 0. The first-order valence-corrected chi connectivity index (χ1v) is 13.0. The molecule has 1 aromatic rings. The third kappa shape index (κ3) is 3.22. The molecule has 3 fully saturated rings. The van der Waals surface area contributed by atoms with Gasteiger partial charge in [0.25, 0.3) is 0 Å². The van der Waals surface area contributed by atoms with Crippen molar-refractivity contribution in [2.45, 2.75) is 63.0 Å². The maximum absolute atomic E-state index is 13.6. The number of fused-ring (bicyclic) bond motifs is 5. The van der Waals surface area contributed by atoms with Gasteiger partial charge in [0.1, 0.15) is 0 Å². The topological polar surface area (TPSA) is 125 Å². The molecule has 4 aliphatic rings. The van der Waals surface area contributed by atoms with E-state index in [9.17, 15) is 19.5 Å². The van der Waals surface area contributed by atoms with E-state index < -0.39 is 33.4 Å². The molecule has 3 N–H and O–H groups in total. The number of carbonyl (C=O) groups excluding carboxylic acids is 3. The predicted octanol–water partition coefficient (Wildman–Crippen LogP) is 4.04.